The first-order chi connectivity index (χ1) is 9.34. The number of nitrogens with two attached hydrogens (primary N) is 1. The molecular weight excluding hydrogens is 238 g/mol. The van der Waals surface area contributed by atoms with Crippen molar-refractivity contribution in [2.24, 2.45) is 0 Å². The Morgan fingerprint density at radius 1 is 1.16 bits per heavy atom. The minimum absolute atomic E-state index is 0.750. The zero-order valence-electron chi connectivity index (χ0n) is 10.4. The Morgan fingerprint density at radius 2 is 2.11 bits per heavy atom. The van der Waals surface area contributed by atoms with Crippen molar-refractivity contribution in [3.63, 3.8) is 0 Å². The van der Waals surface area contributed by atoms with Gasteiger partial charge in [-0.1, -0.05) is 0 Å². The predicted molar refractivity (Wildman–Crippen MR) is 76.9 cm³/mol. The van der Waals surface area contributed by atoms with Crippen molar-refractivity contribution in [3.05, 3.63) is 48.8 Å². The molecule has 0 fully saturated rings. The van der Waals surface area contributed by atoms with E-state index in [1.807, 2.05) is 24.4 Å². The summed E-state index contributed by atoms with van der Waals surface area (Å²) in [4.78, 5) is 11.4. The van der Waals surface area contributed by atoms with Crippen molar-refractivity contribution in [2.75, 3.05) is 17.6 Å². The molecule has 0 amide bonds. The third kappa shape index (κ3) is 2.35. The zero-order chi connectivity index (χ0) is 13.1. The third-order valence-corrected chi connectivity index (χ3v) is 3.08. The van der Waals surface area contributed by atoms with Crippen molar-refractivity contribution in [1.29, 1.82) is 0 Å². The predicted octanol–water partition coefficient (Wildman–Crippen LogP) is 2.19. The number of imidazole rings is 1. The Balaban J connectivity index is 1.79. The number of anilines is 2. The monoisotopic (exact) mass is 253 g/mol. The fourth-order valence-electron chi connectivity index (χ4n) is 2.12. The third-order valence-electron chi connectivity index (χ3n) is 3.08. The lowest BCUT2D eigenvalue weighted by Gasteiger charge is -2.10. The molecule has 0 bridgehead atoms. The molecule has 3 rings (SSSR count). The van der Waals surface area contributed by atoms with E-state index in [-0.39, 0.29) is 0 Å². The van der Waals surface area contributed by atoms with E-state index in [1.165, 1.54) is 0 Å². The Bertz CT molecular complexity index is 675. The number of hydrogen-bond donors (Lipinski definition) is 3. The van der Waals surface area contributed by atoms with Crippen LogP contribution in [0.2, 0.25) is 0 Å². The smallest absolute Gasteiger partial charge is 0.107 e. The molecule has 4 N–H and O–H groups in total. The van der Waals surface area contributed by atoms with Crippen LogP contribution in [0.25, 0.3) is 10.8 Å². The van der Waals surface area contributed by atoms with Crippen LogP contribution >= 0.6 is 0 Å². The van der Waals surface area contributed by atoms with Crippen molar-refractivity contribution in [1.82, 2.24) is 15.0 Å². The molecule has 0 unspecified atom stereocenters. The number of nitrogens with one attached hydrogen (secondary N) is 2. The van der Waals surface area contributed by atoms with Crippen LogP contribution in [0, 0.1) is 0 Å². The Hall–Kier alpha value is -2.56. The van der Waals surface area contributed by atoms with E-state index in [1.54, 1.807) is 18.6 Å². The molecule has 5 heteroatoms. The molecule has 1 aromatic carbocycles. The number of aromatic nitrogens is 3. The second-order valence-electron chi connectivity index (χ2n) is 4.34. The van der Waals surface area contributed by atoms with Crippen LogP contribution in [0.3, 0.4) is 0 Å². The van der Waals surface area contributed by atoms with Gasteiger partial charge in [0.15, 0.2) is 0 Å². The SMILES string of the molecule is Nc1ccc(NCCc2ncc[nH]2)c2ccncc12. The minimum Gasteiger partial charge on any atom is -0.398 e. The van der Waals surface area contributed by atoms with Crippen molar-refractivity contribution >= 4 is 22.1 Å². The molecule has 0 aliphatic rings. The average Bonchev–Trinajstić information content (AvgIpc) is 2.95. The lowest BCUT2D eigenvalue weighted by molar-refractivity contribution is 0.928. The zero-order valence-corrected chi connectivity index (χ0v) is 10.4. The molecule has 0 spiro atoms. The van der Waals surface area contributed by atoms with Gasteiger partial charge in [-0.3, -0.25) is 4.98 Å². The van der Waals surface area contributed by atoms with E-state index in [9.17, 15) is 0 Å². The largest absolute Gasteiger partial charge is 0.398 e. The van der Waals surface area contributed by atoms with Crippen molar-refractivity contribution < 1.29 is 0 Å². The van der Waals surface area contributed by atoms with Gasteiger partial charge in [0.1, 0.15) is 5.82 Å². The van der Waals surface area contributed by atoms with Gasteiger partial charge in [-0.25, -0.2) is 4.98 Å². The van der Waals surface area contributed by atoms with E-state index in [2.05, 4.69) is 20.3 Å². The van der Waals surface area contributed by atoms with E-state index in [0.29, 0.717) is 0 Å². The van der Waals surface area contributed by atoms with Crippen LogP contribution < -0.4 is 11.1 Å². The van der Waals surface area contributed by atoms with Crippen LogP contribution in [0.4, 0.5) is 11.4 Å². The molecule has 0 radical (unpaired) electrons. The maximum absolute atomic E-state index is 5.95. The topological polar surface area (TPSA) is 79.6 Å². The number of H-pyrrole nitrogens is 1. The summed E-state index contributed by atoms with van der Waals surface area (Å²) in [5.41, 5.74) is 7.77. The molecule has 2 heterocycles. The summed E-state index contributed by atoms with van der Waals surface area (Å²) in [6.07, 6.45) is 8.02. The highest BCUT2D eigenvalue weighted by Gasteiger charge is 2.03. The lowest BCUT2D eigenvalue weighted by atomic mass is 10.1. The number of pyridine rings is 1. The van der Waals surface area contributed by atoms with Gasteiger partial charge < -0.3 is 16.0 Å². The van der Waals surface area contributed by atoms with Gasteiger partial charge in [-0.2, -0.15) is 0 Å². The van der Waals surface area contributed by atoms with Crippen LogP contribution in [-0.2, 0) is 6.42 Å². The standard InChI is InChI=1S/C14H15N5/c15-12-1-2-13(10-3-5-16-9-11(10)12)17-6-4-14-18-7-8-19-14/h1-3,5,7-9,17H,4,6,15H2,(H,18,19). The minimum atomic E-state index is 0.750. The van der Waals surface area contributed by atoms with Gasteiger partial charge >= 0.3 is 0 Å². The number of hydrogen-bond acceptors (Lipinski definition) is 4. The Kier molecular flexibility index (Phi) is 3.02. The summed E-state index contributed by atoms with van der Waals surface area (Å²) >= 11 is 0. The fraction of sp³-hybridized carbons (Fsp3) is 0.143. The molecule has 96 valence electrons. The van der Waals surface area contributed by atoms with E-state index in [4.69, 9.17) is 5.73 Å². The van der Waals surface area contributed by atoms with E-state index < -0.39 is 0 Å². The van der Waals surface area contributed by atoms with Crippen molar-refractivity contribution in [3.8, 4) is 0 Å². The summed E-state index contributed by atoms with van der Waals surface area (Å²) in [5.74, 6) is 0.980. The van der Waals surface area contributed by atoms with Gasteiger partial charge in [-0.05, 0) is 18.2 Å². The first-order valence-electron chi connectivity index (χ1n) is 6.19. The van der Waals surface area contributed by atoms with Crippen LogP contribution in [-0.4, -0.2) is 21.5 Å². The number of nitrogens with zero attached hydrogens (tertiary/aromatic N) is 2. The van der Waals surface area contributed by atoms with Gasteiger partial charge in [-0.15, -0.1) is 0 Å². The molecule has 0 atom stereocenters. The summed E-state index contributed by atoms with van der Waals surface area (Å²) < 4.78 is 0. The molecule has 5 nitrogen and oxygen atoms in total. The highest BCUT2D eigenvalue weighted by atomic mass is 14.9. The molecule has 0 saturated carbocycles. The Morgan fingerprint density at radius 3 is 2.95 bits per heavy atom. The molecule has 0 saturated heterocycles. The molecule has 19 heavy (non-hydrogen) atoms. The number of benzene rings is 1. The van der Waals surface area contributed by atoms with Crippen LogP contribution in [0.5, 0.6) is 0 Å². The number of aromatic amines is 1. The summed E-state index contributed by atoms with van der Waals surface area (Å²) in [6.45, 7) is 0.814. The first kappa shape index (κ1) is 11.5. The normalized spacial score (nSPS) is 10.7. The van der Waals surface area contributed by atoms with Gasteiger partial charge in [0.2, 0.25) is 0 Å². The summed E-state index contributed by atoms with van der Waals surface area (Å²) in [6, 6.07) is 5.87. The van der Waals surface area contributed by atoms with Gasteiger partial charge in [0.05, 0.1) is 0 Å². The lowest BCUT2D eigenvalue weighted by Crippen LogP contribution is -2.06. The fourth-order valence-corrected chi connectivity index (χ4v) is 2.12. The molecule has 2 aromatic heterocycles. The van der Waals surface area contributed by atoms with Crippen molar-refractivity contribution in [2.45, 2.75) is 6.42 Å². The number of nitrogen functional groups attached to an aromatic ring is 1. The molecular formula is C14H15N5. The summed E-state index contributed by atoms with van der Waals surface area (Å²) in [5, 5.41) is 5.48. The van der Waals surface area contributed by atoms with E-state index >= 15 is 0 Å². The summed E-state index contributed by atoms with van der Waals surface area (Å²) in [7, 11) is 0. The number of fused-ring (bicyclic) bond motifs is 1. The highest BCUT2D eigenvalue weighted by molar-refractivity contribution is 6.00. The van der Waals surface area contributed by atoms with Crippen LogP contribution in [0.15, 0.2) is 43.0 Å². The van der Waals surface area contributed by atoms with Gasteiger partial charge in [0.25, 0.3) is 0 Å². The number of rotatable bonds is 4. The second-order valence-corrected chi connectivity index (χ2v) is 4.34. The second kappa shape index (κ2) is 4.97. The molecule has 0 aliphatic heterocycles. The van der Waals surface area contributed by atoms with E-state index in [0.717, 1.165) is 40.9 Å². The average molecular weight is 253 g/mol. The maximum Gasteiger partial charge on any atom is 0.107 e. The Labute approximate surface area is 110 Å². The maximum atomic E-state index is 5.95. The van der Waals surface area contributed by atoms with Gasteiger partial charge in [0, 0.05) is 59.9 Å². The molecule has 3 aromatic rings. The highest BCUT2D eigenvalue weighted by Crippen LogP contribution is 2.27. The quantitative estimate of drug-likeness (QED) is 0.623. The first-order valence-corrected chi connectivity index (χ1v) is 6.19. The van der Waals surface area contributed by atoms with Crippen LogP contribution in [0.1, 0.15) is 5.82 Å². The molecule has 0 aliphatic carbocycles.